The van der Waals surface area contributed by atoms with Gasteiger partial charge in [-0.25, -0.2) is 9.37 Å². The summed E-state index contributed by atoms with van der Waals surface area (Å²) in [6, 6.07) is 4.17. The van der Waals surface area contributed by atoms with Crippen LogP contribution in [0.2, 0.25) is 0 Å². The topological polar surface area (TPSA) is 42.4 Å². The summed E-state index contributed by atoms with van der Waals surface area (Å²) in [4.78, 5) is 4.05. The number of benzene rings is 1. The Morgan fingerprint density at radius 1 is 1.38 bits per heavy atom. The summed E-state index contributed by atoms with van der Waals surface area (Å²) in [5.74, 6) is -0.0139. The standard InChI is InChI=1S/C11H10FNO2S/c12-9-3-8(6-14)4-10(5-9)15-7-11-13-1-2-16-11/h1-5,14H,6-7H2. The van der Waals surface area contributed by atoms with Crippen molar-refractivity contribution in [2.24, 2.45) is 0 Å². The summed E-state index contributed by atoms with van der Waals surface area (Å²) in [6.45, 7) is 0.108. The van der Waals surface area contributed by atoms with Gasteiger partial charge in [-0.3, -0.25) is 0 Å². The first-order chi connectivity index (χ1) is 7.78. The second kappa shape index (κ2) is 5.05. The lowest BCUT2D eigenvalue weighted by Gasteiger charge is -2.05. The number of halogens is 1. The van der Waals surface area contributed by atoms with Crippen LogP contribution < -0.4 is 4.74 Å². The van der Waals surface area contributed by atoms with Gasteiger partial charge in [-0.2, -0.15) is 0 Å². The highest BCUT2D eigenvalue weighted by Crippen LogP contribution is 2.18. The molecule has 0 aliphatic heterocycles. The second-order valence-corrected chi connectivity index (χ2v) is 4.15. The Hall–Kier alpha value is -1.46. The van der Waals surface area contributed by atoms with Crippen molar-refractivity contribution in [3.05, 3.63) is 46.2 Å². The number of nitrogens with zero attached hydrogens (tertiary/aromatic N) is 1. The van der Waals surface area contributed by atoms with Crippen molar-refractivity contribution in [3.8, 4) is 5.75 Å². The molecule has 0 fully saturated rings. The Morgan fingerprint density at radius 2 is 2.25 bits per heavy atom. The maximum Gasteiger partial charge on any atom is 0.140 e. The number of hydrogen-bond donors (Lipinski definition) is 1. The minimum Gasteiger partial charge on any atom is -0.486 e. The molecule has 1 heterocycles. The third-order valence-corrected chi connectivity index (χ3v) is 2.71. The largest absolute Gasteiger partial charge is 0.486 e. The molecule has 1 aromatic carbocycles. The highest BCUT2D eigenvalue weighted by atomic mass is 32.1. The molecule has 0 unspecified atom stereocenters. The maximum absolute atomic E-state index is 13.1. The first-order valence-corrected chi connectivity index (χ1v) is 5.57. The van der Waals surface area contributed by atoms with Crippen LogP contribution in [0, 0.1) is 5.82 Å². The molecular formula is C11H10FNO2S. The summed E-state index contributed by atoms with van der Waals surface area (Å²) < 4.78 is 18.4. The molecule has 0 saturated carbocycles. The van der Waals surface area contributed by atoms with E-state index >= 15 is 0 Å². The predicted molar refractivity (Wildman–Crippen MR) is 58.8 cm³/mol. The van der Waals surface area contributed by atoms with E-state index in [1.807, 2.05) is 5.38 Å². The van der Waals surface area contributed by atoms with E-state index in [4.69, 9.17) is 9.84 Å². The summed E-state index contributed by atoms with van der Waals surface area (Å²) in [5.41, 5.74) is 0.495. The van der Waals surface area contributed by atoms with Gasteiger partial charge in [0.05, 0.1) is 6.61 Å². The lowest BCUT2D eigenvalue weighted by atomic mass is 10.2. The van der Waals surface area contributed by atoms with Crippen molar-refractivity contribution in [2.75, 3.05) is 0 Å². The zero-order valence-electron chi connectivity index (χ0n) is 8.39. The van der Waals surface area contributed by atoms with Crippen LogP contribution in [0.25, 0.3) is 0 Å². The van der Waals surface area contributed by atoms with Crippen molar-refractivity contribution in [1.82, 2.24) is 4.98 Å². The Bertz CT molecular complexity index is 459. The Balaban J connectivity index is 2.06. The number of ether oxygens (including phenoxy) is 1. The average Bonchev–Trinajstić information content (AvgIpc) is 2.78. The predicted octanol–water partition coefficient (Wildman–Crippen LogP) is 2.35. The van der Waals surface area contributed by atoms with Crippen LogP contribution in [-0.4, -0.2) is 10.1 Å². The van der Waals surface area contributed by atoms with Crippen LogP contribution in [0.1, 0.15) is 10.6 Å². The van der Waals surface area contributed by atoms with E-state index in [9.17, 15) is 4.39 Å². The van der Waals surface area contributed by atoms with E-state index in [2.05, 4.69) is 4.98 Å². The van der Waals surface area contributed by atoms with Gasteiger partial charge < -0.3 is 9.84 Å². The number of thiazole rings is 1. The minimum atomic E-state index is -0.416. The van der Waals surface area contributed by atoms with Crippen LogP contribution in [0.5, 0.6) is 5.75 Å². The molecule has 0 saturated heterocycles. The number of aromatic nitrogens is 1. The highest BCUT2D eigenvalue weighted by molar-refractivity contribution is 7.09. The van der Waals surface area contributed by atoms with Gasteiger partial charge in [0.25, 0.3) is 0 Å². The van der Waals surface area contributed by atoms with Gasteiger partial charge in [0, 0.05) is 17.6 Å². The van der Waals surface area contributed by atoms with Crippen molar-refractivity contribution >= 4 is 11.3 Å². The van der Waals surface area contributed by atoms with Gasteiger partial charge in [0.2, 0.25) is 0 Å². The minimum absolute atomic E-state index is 0.203. The van der Waals surface area contributed by atoms with Crippen LogP contribution in [0.4, 0.5) is 4.39 Å². The maximum atomic E-state index is 13.1. The molecule has 3 nitrogen and oxygen atoms in total. The van der Waals surface area contributed by atoms with Gasteiger partial charge in [0.1, 0.15) is 23.2 Å². The summed E-state index contributed by atoms with van der Waals surface area (Å²) in [7, 11) is 0. The second-order valence-electron chi connectivity index (χ2n) is 3.17. The van der Waals surface area contributed by atoms with Crippen LogP contribution in [-0.2, 0) is 13.2 Å². The van der Waals surface area contributed by atoms with E-state index in [0.29, 0.717) is 17.9 Å². The summed E-state index contributed by atoms with van der Waals surface area (Å²) >= 11 is 1.48. The van der Waals surface area contributed by atoms with Gasteiger partial charge in [0.15, 0.2) is 0 Å². The molecule has 2 rings (SSSR count). The van der Waals surface area contributed by atoms with Crippen molar-refractivity contribution in [2.45, 2.75) is 13.2 Å². The third-order valence-electron chi connectivity index (χ3n) is 1.96. The Morgan fingerprint density at radius 3 is 2.94 bits per heavy atom. The zero-order valence-corrected chi connectivity index (χ0v) is 9.21. The number of hydrogen-bond acceptors (Lipinski definition) is 4. The van der Waals surface area contributed by atoms with Gasteiger partial charge in [-0.1, -0.05) is 0 Å². The quantitative estimate of drug-likeness (QED) is 0.890. The fraction of sp³-hybridized carbons (Fsp3) is 0.182. The monoisotopic (exact) mass is 239 g/mol. The van der Waals surface area contributed by atoms with Gasteiger partial charge in [-0.15, -0.1) is 11.3 Å². The molecule has 1 N–H and O–H groups in total. The zero-order chi connectivity index (χ0) is 11.4. The molecule has 2 aromatic rings. The van der Waals surface area contributed by atoms with E-state index in [0.717, 1.165) is 5.01 Å². The molecule has 1 aromatic heterocycles. The van der Waals surface area contributed by atoms with Crippen LogP contribution in [0.3, 0.4) is 0 Å². The molecule has 0 aliphatic rings. The van der Waals surface area contributed by atoms with Crippen molar-refractivity contribution in [1.29, 1.82) is 0 Å². The molecular weight excluding hydrogens is 229 g/mol. The van der Waals surface area contributed by atoms with E-state index < -0.39 is 5.82 Å². The molecule has 5 heteroatoms. The SMILES string of the molecule is OCc1cc(F)cc(OCc2nccs2)c1. The molecule has 0 aliphatic carbocycles. The third kappa shape index (κ3) is 2.77. The smallest absolute Gasteiger partial charge is 0.140 e. The average molecular weight is 239 g/mol. The Labute approximate surface area is 96.2 Å². The van der Waals surface area contributed by atoms with Crippen LogP contribution in [0.15, 0.2) is 29.8 Å². The van der Waals surface area contributed by atoms with Crippen LogP contribution >= 0.6 is 11.3 Å². The molecule has 16 heavy (non-hydrogen) atoms. The number of aliphatic hydroxyl groups is 1. The Kier molecular flexibility index (Phi) is 3.48. The lowest BCUT2D eigenvalue weighted by molar-refractivity contribution is 0.276. The van der Waals surface area contributed by atoms with Gasteiger partial charge >= 0.3 is 0 Å². The van der Waals surface area contributed by atoms with E-state index in [-0.39, 0.29) is 6.61 Å². The molecule has 0 amide bonds. The van der Waals surface area contributed by atoms with Gasteiger partial charge in [-0.05, 0) is 17.7 Å². The summed E-state index contributed by atoms with van der Waals surface area (Å²) in [5, 5.41) is 11.6. The van der Waals surface area contributed by atoms with E-state index in [1.165, 1.54) is 23.5 Å². The fourth-order valence-electron chi connectivity index (χ4n) is 1.26. The number of aliphatic hydroxyl groups excluding tert-OH is 1. The van der Waals surface area contributed by atoms with E-state index in [1.54, 1.807) is 12.3 Å². The molecule has 0 atom stereocenters. The first kappa shape index (κ1) is 11.0. The fourth-order valence-corrected chi connectivity index (χ4v) is 1.79. The lowest BCUT2D eigenvalue weighted by Crippen LogP contribution is -1.96. The molecule has 84 valence electrons. The van der Waals surface area contributed by atoms with Crippen molar-refractivity contribution < 1.29 is 14.2 Å². The molecule has 0 radical (unpaired) electrons. The summed E-state index contributed by atoms with van der Waals surface area (Å²) in [6.07, 6.45) is 1.69. The number of rotatable bonds is 4. The molecule has 0 spiro atoms. The molecule has 0 bridgehead atoms. The highest BCUT2D eigenvalue weighted by Gasteiger charge is 2.02. The van der Waals surface area contributed by atoms with Crippen molar-refractivity contribution in [3.63, 3.8) is 0 Å². The first-order valence-electron chi connectivity index (χ1n) is 4.69. The normalized spacial score (nSPS) is 10.4.